The van der Waals surface area contributed by atoms with E-state index in [1.54, 1.807) is 16.8 Å². The van der Waals surface area contributed by atoms with Gasteiger partial charge in [-0.3, -0.25) is 4.79 Å². The molecule has 0 aliphatic heterocycles. The first-order chi connectivity index (χ1) is 13.0. The molecule has 2 aromatic heterocycles. The second kappa shape index (κ2) is 8.39. The number of benzene rings is 1. The average Bonchev–Trinajstić information content (AvgIpc) is 3.22. The van der Waals surface area contributed by atoms with Gasteiger partial charge in [0.25, 0.3) is 5.91 Å². The maximum absolute atomic E-state index is 13.1. The Hall–Kier alpha value is -2.61. The van der Waals surface area contributed by atoms with Gasteiger partial charge in [-0.25, -0.2) is 14.1 Å². The van der Waals surface area contributed by atoms with Crippen LogP contribution in [0, 0.1) is 19.7 Å². The van der Waals surface area contributed by atoms with Gasteiger partial charge in [0.1, 0.15) is 21.4 Å². The van der Waals surface area contributed by atoms with E-state index < -0.39 is 0 Å². The van der Waals surface area contributed by atoms with E-state index in [-0.39, 0.29) is 11.7 Å². The monoisotopic (exact) mass is 387 g/mol. The lowest BCUT2D eigenvalue weighted by atomic mass is 10.2. The summed E-state index contributed by atoms with van der Waals surface area (Å²) in [4.78, 5) is 17.5. The number of hydrogen-bond acceptors (Lipinski definition) is 5. The fourth-order valence-electron chi connectivity index (χ4n) is 2.72. The number of nitrogens with one attached hydrogen (secondary N) is 1. The second-order valence-corrected chi connectivity index (χ2v) is 7.31. The van der Waals surface area contributed by atoms with Crippen LogP contribution in [-0.4, -0.2) is 32.4 Å². The Morgan fingerprint density at radius 2 is 1.96 bits per heavy atom. The topological polar surface area (TPSA) is 72.7 Å². The van der Waals surface area contributed by atoms with Gasteiger partial charge in [0.05, 0.1) is 17.1 Å². The Balaban J connectivity index is 1.81. The maximum atomic E-state index is 13.1. The van der Waals surface area contributed by atoms with Crippen molar-refractivity contribution in [3.63, 3.8) is 0 Å². The first-order valence-corrected chi connectivity index (χ1v) is 9.77. The summed E-state index contributed by atoms with van der Waals surface area (Å²) in [6.45, 7) is 6.49. The lowest BCUT2D eigenvalue weighted by Gasteiger charge is -2.03. The highest BCUT2D eigenvalue weighted by molar-refractivity contribution is 7.17. The summed E-state index contributed by atoms with van der Waals surface area (Å²) in [6, 6.07) is 6.04. The molecular formula is C19H22FN5OS. The Labute approximate surface area is 161 Å². The van der Waals surface area contributed by atoms with E-state index in [9.17, 15) is 9.18 Å². The van der Waals surface area contributed by atoms with E-state index in [1.807, 2.05) is 13.8 Å². The Kier molecular flexibility index (Phi) is 5.95. The van der Waals surface area contributed by atoms with Crippen LogP contribution in [0.15, 0.2) is 24.3 Å². The molecule has 0 aliphatic carbocycles. The summed E-state index contributed by atoms with van der Waals surface area (Å²) < 4.78 is 14.8. The van der Waals surface area contributed by atoms with Crippen LogP contribution in [0.5, 0.6) is 0 Å². The first kappa shape index (κ1) is 19.2. The highest BCUT2D eigenvalue weighted by atomic mass is 32.1. The van der Waals surface area contributed by atoms with Gasteiger partial charge in [-0.2, -0.15) is 0 Å². The number of amides is 1. The molecule has 142 valence electrons. The summed E-state index contributed by atoms with van der Waals surface area (Å²) in [5, 5.41) is 12.0. The Morgan fingerprint density at radius 3 is 2.67 bits per heavy atom. The molecule has 0 radical (unpaired) electrons. The van der Waals surface area contributed by atoms with Crippen molar-refractivity contribution in [1.29, 1.82) is 0 Å². The van der Waals surface area contributed by atoms with Gasteiger partial charge in [-0.15, -0.1) is 16.4 Å². The quantitative estimate of drug-likeness (QED) is 0.621. The van der Waals surface area contributed by atoms with E-state index >= 15 is 0 Å². The molecule has 1 amide bonds. The molecule has 0 atom stereocenters. The van der Waals surface area contributed by atoms with Gasteiger partial charge in [0.15, 0.2) is 0 Å². The van der Waals surface area contributed by atoms with Gasteiger partial charge in [0.2, 0.25) is 0 Å². The van der Waals surface area contributed by atoms with Crippen molar-refractivity contribution in [1.82, 2.24) is 25.3 Å². The first-order valence-electron chi connectivity index (χ1n) is 8.95. The fraction of sp³-hybridized carbons (Fsp3) is 0.368. The van der Waals surface area contributed by atoms with Crippen molar-refractivity contribution >= 4 is 17.2 Å². The molecule has 0 saturated carbocycles. The normalized spacial score (nSPS) is 11.0. The number of aryl methyl sites for hydroxylation is 1. The Morgan fingerprint density at radius 1 is 1.22 bits per heavy atom. The van der Waals surface area contributed by atoms with Crippen molar-refractivity contribution in [2.75, 3.05) is 6.54 Å². The molecule has 3 rings (SSSR count). The lowest BCUT2D eigenvalue weighted by molar-refractivity contribution is 0.0956. The van der Waals surface area contributed by atoms with Crippen LogP contribution in [0.1, 0.15) is 47.2 Å². The third-order valence-electron chi connectivity index (χ3n) is 4.24. The molecule has 3 aromatic rings. The molecular weight excluding hydrogens is 365 g/mol. The number of thiazole rings is 1. The van der Waals surface area contributed by atoms with E-state index in [0.29, 0.717) is 27.8 Å². The van der Waals surface area contributed by atoms with Gasteiger partial charge in [0, 0.05) is 6.54 Å². The number of carbonyl (C=O) groups excluding carboxylic acids is 1. The number of rotatable bonds is 7. The molecule has 8 heteroatoms. The van der Waals surface area contributed by atoms with Crippen molar-refractivity contribution in [2.24, 2.45) is 0 Å². The standard InChI is InChI=1S/C19H22FN5OS/c1-4-5-6-11-21-18(26)17-12(2)22-19(27-17)16-13(3)25(24-23-16)15-9-7-14(20)8-10-15/h7-10H,4-6,11H2,1-3H3,(H,21,26). The molecule has 6 nitrogen and oxygen atoms in total. The summed E-state index contributed by atoms with van der Waals surface area (Å²) in [5.41, 5.74) is 2.80. The van der Waals surface area contributed by atoms with Crippen LogP contribution in [0.25, 0.3) is 16.4 Å². The fourth-order valence-corrected chi connectivity index (χ4v) is 3.74. The zero-order valence-corrected chi connectivity index (χ0v) is 16.4. The summed E-state index contributed by atoms with van der Waals surface area (Å²) in [7, 11) is 0. The number of halogens is 1. The summed E-state index contributed by atoms with van der Waals surface area (Å²) in [6.07, 6.45) is 3.18. The zero-order valence-electron chi connectivity index (χ0n) is 15.6. The third kappa shape index (κ3) is 4.21. The molecule has 2 heterocycles. The predicted octanol–water partition coefficient (Wildman–Crippen LogP) is 4.07. The van der Waals surface area contributed by atoms with Crippen LogP contribution < -0.4 is 5.32 Å². The molecule has 0 saturated heterocycles. The van der Waals surface area contributed by atoms with Crippen LogP contribution >= 0.6 is 11.3 Å². The molecule has 0 bridgehead atoms. The van der Waals surface area contributed by atoms with Crippen molar-refractivity contribution in [3.05, 3.63) is 46.3 Å². The SMILES string of the molecule is CCCCCNC(=O)c1sc(-c2nnn(-c3ccc(F)cc3)c2C)nc1C. The summed E-state index contributed by atoms with van der Waals surface area (Å²) in [5.74, 6) is -0.405. The summed E-state index contributed by atoms with van der Waals surface area (Å²) >= 11 is 1.31. The lowest BCUT2D eigenvalue weighted by Crippen LogP contribution is -2.24. The molecule has 0 unspecified atom stereocenters. The minimum atomic E-state index is -0.304. The molecule has 0 fully saturated rings. The van der Waals surface area contributed by atoms with Crippen LogP contribution in [0.3, 0.4) is 0 Å². The minimum absolute atomic E-state index is 0.101. The molecule has 27 heavy (non-hydrogen) atoms. The minimum Gasteiger partial charge on any atom is -0.351 e. The molecule has 0 aliphatic rings. The second-order valence-electron chi connectivity index (χ2n) is 6.31. The number of aromatic nitrogens is 4. The van der Waals surface area contributed by atoms with E-state index in [0.717, 1.165) is 30.6 Å². The number of carbonyl (C=O) groups is 1. The average molecular weight is 387 g/mol. The highest BCUT2D eigenvalue weighted by Gasteiger charge is 2.20. The number of hydrogen-bond donors (Lipinski definition) is 1. The predicted molar refractivity (Wildman–Crippen MR) is 104 cm³/mol. The van der Waals surface area contributed by atoms with Gasteiger partial charge in [-0.1, -0.05) is 25.0 Å². The smallest absolute Gasteiger partial charge is 0.263 e. The van der Waals surface area contributed by atoms with Crippen molar-refractivity contribution < 1.29 is 9.18 Å². The van der Waals surface area contributed by atoms with Gasteiger partial charge in [-0.05, 0) is 44.5 Å². The number of nitrogens with zero attached hydrogens (tertiary/aromatic N) is 4. The highest BCUT2D eigenvalue weighted by Crippen LogP contribution is 2.29. The Bertz CT molecular complexity index is 932. The van der Waals surface area contributed by atoms with E-state index in [4.69, 9.17) is 0 Å². The van der Waals surface area contributed by atoms with E-state index in [2.05, 4.69) is 27.5 Å². The number of unbranched alkanes of at least 4 members (excludes halogenated alkanes) is 2. The van der Waals surface area contributed by atoms with Crippen molar-refractivity contribution in [3.8, 4) is 16.4 Å². The zero-order chi connectivity index (χ0) is 19.4. The molecule has 1 N–H and O–H groups in total. The largest absolute Gasteiger partial charge is 0.351 e. The maximum Gasteiger partial charge on any atom is 0.263 e. The van der Waals surface area contributed by atoms with Crippen LogP contribution in [0.2, 0.25) is 0 Å². The van der Waals surface area contributed by atoms with Crippen LogP contribution in [0.4, 0.5) is 4.39 Å². The molecule has 0 spiro atoms. The van der Waals surface area contributed by atoms with Gasteiger partial charge < -0.3 is 5.32 Å². The molecule has 1 aromatic carbocycles. The van der Waals surface area contributed by atoms with Crippen molar-refractivity contribution in [2.45, 2.75) is 40.0 Å². The third-order valence-corrected chi connectivity index (χ3v) is 5.40. The van der Waals surface area contributed by atoms with Gasteiger partial charge >= 0.3 is 0 Å². The van der Waals surface area contributed by atoms with Crippen LogP contribution in [-0.2, 0) is 0 Å². The van der Waals surface area contributed by atoms with E-state index in [1.165, 1.54) is 23.5 Å².